The van der Waals surface area contributed by atoms with Crippen LogP contribution in [0.25, 0.3) is 10.9 Å². The van der Waals surface area contributed by atoms with Crippen LogP contribution in [0.3, 0.4) is 0 Å². The number of nitrogens with zero attached hydrogens (tertiary/aromatic N) is 6. The van der Waals surface area contributed by atoms with Crippen molar-refractivity contribution in [2.45, 2.75) is 56.7 Å². The van der Waals surface area contributed by atoms with E-state index in [1.807, 2.05) is 12.1 Å². The lowest BCUT2D eigenvalue weighted by Gasteiger charge is -2.42. The fourth-order valence-electron chi connectivity index (χ4n) is 7.35. The molecule has 14 heteroatoms. The zero-order valence-corrected chi connectivity index (χ0v) is 27.8. The van der Waals surface area contributed by atoms with Gasteiger partial charge in [0.2, 0.25) is 17.8 Å². The molecule has 4 amide bonds. The van der Waals surface area contributed by atoms with Crippen LogP contribution in [0, 0.1) is 11.3 Å². The summed E-state index contributed by atoms with van der Waals surface area (Å²) in [6, 6.07) is 12.3. The fraction of sp³-hybridized carbons (Fsp3) is 0.472. The molecular weight excluding hydrogens is 640 g/mol. The van der Waals surface area contributed by atoms with Crippen LogP contribution in [-0.2, 0) is 14.3 Å². The second kappa shape index (κ2) is 14.9. The summed E-state index contributed by atoms with van der Waals surface area (Å²) in [7, 11) is 0. The van der Waals surface area contributed by atoms with Gasteiger partial charge in [0.1, 0.15) is 18.4 Å². The van der Waals surface area contributed by atoms with Crippen LogP contribution in [0.1, 0.15) is 64.8 Å². The highest BCUT2D eigenvalue weighted by molar-refractivity contribution is 6.23. The highest BCUT2D eigenvalue weighted by atomic mass is 16.5. The third-order valence-electron chi connectivity index (χ3n) is 10.1. The number of nitriles is 1. The first-order chi connectivity index (χ1) is 24.4. The van der Waals surface area contributed by atoms with Crippen LogP contribution < -0.4 is 15.4 Å². The number of piperazine rings is 1. The first-order valence-electron chi connectivity index (χ1n) is 17.3. The number of nitrogens with one attached hydrogen (secondary N) is 2. The molecule has 7 rings (SSSR count). The molecule has 14 nitrogen and oxygen atoms in total. The summed E-state index contributed by atoms with van der Waals surface area (Å²) in [6.07, 6.45) is 6.42. The molecule has 3 aromatic rings. The lowest BCUT2D eigenvalue weighted by atomic mass is 9.90. The Kier molecular flexibility index (Phi) is 9.97. The van der Waals surface area contributed by atoms with Crippen molar-refractivity contribution in [2.24, 2.45) is 0 Å². The van der Waals surface area contributed by atoms with Gasteiger partial charge in [-0.25, -0.2) is 9.97 Å². The first-order valence-corrected chi connectivity index (χ1v) is 17.3. The van der Waals surface area contributed by atoms with Crippen LogP contribution in [0.4, 0.5) is 5.95 Å². The summed E-state index contributed by atoms with van der Waals surface area (Å²) in [4.78, 5) is 64.8. The summed E-state index contributed by atoms with van der Waals surface area (Å²) in [5.41, 5.74) is 1.85. The van der Waals surface area contributed by atoms with E-state index in [0.29, 0.717) is 49.2 Å². The Labute approximate surface area is 289 Å². The Balaban J connectivity index is 0.774. The smallest absolute Gasteiger partial charge is 0.262 e. The molecule has 0 radical (unpaired) electrons. The molecule has 2 aromatic carbocycles. The van der Waals surface area contributed by atoms with E-state index in [4.69, 9.17) is 14.7 Å². The SMILES string of the molecule is N#Cc1ccc2nc(NC3CCC(N4CCN(CCOCCOc5ccc6c(c5)C(=O)N(C5CCC(=O)NC5=O)C6=O)CC4)CC3)ncc2c1. The Morgan fingerprint density at radius 3 is 2.48 bits per heavy atom. The van der Waals surface area contributed by atoms with Gasteiger partial charge < -0.3 is 14.8 Å². The minimum Gasteiger partial charge on any atom is -0.491 e. The summed E-state index contributed by atoms with van der Waals surface area (Å²) < 4.78 is 11.6. The minimum absolute atomic E-state index is 0.0763. The zero-order valence-electron chi connectivity index (χ0n) is 27.8. The van der Waals surface area contributed by atoms with Crippen molar-refractivity contribution >= 4 is 40.5 Å². The maximum Gasteiger partial charge on any atom is 0.262 e. The Morgan fingerprint density at radius 2 is 1.70 bits per heavy atom. The number of imide groups is 2. The largest absolute Gasteiger partial charge is 0.491 e. The van der Waals surface area contributed by atoms with E-state index in [9.17, 15) is 19.2 Å². The number of hydrogen-bond acceptors (Lipinski definition) is 12. The number of benzene rings is 2. The minimum atomic E-state index is -0.996. The second-order valence-electron chi connectivity index (χ2n) is 13.2. The average Bonchev–Trinajstić information content (AvgIpc) is 3.38. The van der Waals surface area contributed by atoms with Crippen LogP contribution in [-0.4, -0.2) is 119 Å². The molecule has 0 spiro atoms. The molecule has 1 aromatic heterocycles. The molecule has 50 heavy (non-hydrogen) atoms. The van der Waals surface area contributed by atoms with Crippen molar-refractivity contribution in [3.63, 3.8) is 0 Å². The van der Waals surface area contributed by atoms with Gasteiger partial charge >= 0.3 is 0 Å². The number of hydrogen-bond donors (Lipinski definition) is 2. The molecule has 4 aliphatic rings. The van der Waals surface area contributed by atoms with Gasteiger partial charge in [-0.15, -0.1) is 0 Å². The normalized spacial score (nSPS) is 23.1. The van der Waals surface area contributed by atoms with Crippen LogP contribution in [0.5, 0.6) is 5.75 Å². The number of amides is 4. The molecule has 0 bridgehead atoms. The number of rotatable bonds is 11. The number of piperidine rings is 1. The number of fused-ring (bicyclic) bond motifs is 2. The molecule has 1 aliphatic carbocycles. The zero-order chi connectivity index (χ0) is 34.6. The van der Waals surface area contributed by atoms with Crippen molar-refractivity contribution in [3.8, 4) is 11.8 Å². The van der Waals surface area contributed by atoms with E-state index in [0.717, 1.165) is 74.2 Å². The second-order valence-corrected chi connectivity index (χ2v) is 13.2. The number of ether oxygens (including phenoxy) is 2. The number of anilines is 1. The van der Waals surface area contributed by atoms with Crippen molar-refractivity contribution < 1.29 is 28.7 Å². The van der Waals surface area contributed by atoms with Gasteiger partial charge in [-0.2, -0.15) is 5.26 Å². The van der Waals surface area contributed by atoms with Gasteiger partial charge in [0.25, 0.3) is 11.8 Å². The van der Waals surface area contributed by atoms with Crippen molar-refractivity contribution in [2.75, 3.05) is 57.9 Å². The lowest BCUT2D eigenvalue weighted by Crippen LogP contribution is -2.54. The van der Waals surface area contributed by atoms with Gasteiger partial charge in [-0.1, -0.05) is 0 Å². The Bertz CT molecular complexity index is 1830. The Hall–Kier alpha value is -4.97. The highest BCUT2D eigenvalue weighted by Crippen LogP contribution is 2.30. The van der Waals surface area contributed by atoms with Crippen molar-refractivity contribution in [3.05, 3.63) is 59.3 Å². The van der Waals surface area contributed by atoms with E-state index in [1.54, 1.807) is 18.3 Å². The third-order valence-corrected chi connectivity index (χ3v) is 10.1. The molecule has 2 saturated heterocycles. The molecule has 3 fully saturated rings. The standard InChI is InChI=1S/C36H40N8O6/c37-21-23-1-8-30-24(19-23)22-38-36(40-30)39-25-2-4-26(5-3-25)43-13-11-42(12-14-43)15-16-49-17-18-50-27-6-7-28-29(20-27)35(48)44(34(28)47)31-9-10-32(45)41-33(31)46/h1,6-8,19-20,22,25-26,31H,2-5,9-18H2,(H,38,39,40)(H,41,45,46). The highest BCUT2D eigenvalue weighted by Gasteiger charge is 2.44. The summed E-state index contributed by atoms with van der Waals surface area (Å²) in [5.74, 6) is -1.05. The summed E-state index contributed by atoms with van der Waals surface area (Å²) in [5, 5.41) is 15.7. The van der Waals surface area contributed by atoms with E-state index in [2.05, 4.69) is 36.5 Å². The Morgan fingerprint density at radius 1 is 0.900 bits per heavy atom. The lowest BCUT2D eigenvalue weighted by molar-refractivity contribution is -0.136. The van der Waals surface area contributed by atoms with E-state index in [1.165, 1.54) is 12.1 Å². The average molecular weight is 681 g/mol. The van der Waals surface area contributed by atoms with Crippen molar-refractivity contribution in [1.29, 1.82) is 5.26 Å². The number of carbonyl (C=O) groups is 4. The van der Waals surface area contributed by atoms with E-state index >= 15 is 0 Å². The van der Waals surface area contributed by atoms with Gasteiger partial charge in [-0.05, 0) is 68.5 Å². The maximum absolute atomic E-state index is 13.0. The first kappa shape index (κ1) is 33.5. The van der Waals surface area contributed by atoms with Crippen LogP contribution >= 0.6 is 0 Å². The maximum atomic E-state index is 13.0. The van der Waals surface area contributed by atoms with E-state index in [-0.39, 0.29) is 24.0 Å². The molecule has 3 aliphatic heterocycles. The number of aromatic nitrogens is 2. The van der Waals surface area contributed by atoms with Gasteiger partial charge in [0.05, 0.1) is 41.5 Å². The number of carbonyl (C=O) groups excluding carboxylic acids is 4. The topological polar surface area (TPSA) is 170 Å². The summed E-state index contributed by atoms with van der Waals surface area (Å²) in [6.45, 7) is 6.22. The molecule has 1 saturated carbocycles. The monoisotopic (exact) mass is 680 g/mol. The quantitative estimate of drug-likeness (QED) is 0.224. The predicted molar refractivity (Wildman–Crippen MR) is 181 cm³/mol. The van der Waals surface area contributed by atoms with Crippen molar-refractivity contribution in [1.82, 2.24) is 30.0 Å². The summed E-state index contributed by atoms with van der Waals surface area (Å²) >= 11 is 0. The third kappa shape index (κ3) is 7.30. The molecule has 1 unspecified atom stereocenters. The van der Waals surface area contributed by atoms with Crippen LogP contribution in [0.2, 0.25) is 0 Å². The molecule has 2 N–H and O–H groups in total. The predicted octanol–water partition coefficient (Wildman–Crippen LogP) is 2.34. The van der Waals surface area contributed by atoms with Crippen LogP contribution in [0.15, 0.2) is 42.6 Å². The van der Waals surface area contributed by atoms with E-state index < -0.39 is 29.7 Å². The van der Waals surface area contributed by atoms with Gasteiger partial charge in [-0.3, -0.25) is 39.2 Å². The molecule has 260 valence electrons. The fourth-order valence-corrected chi connectivity index (χ4v) is 7.35. The molecule has 4 heterocycles. The van der Waals surface area contributed by atoms with Gasteiger partial charge in [0, 0.05) is 62.8 Å². The molecule has 1 atom stereocenters. The molecular formula is C36H40N8O6. The van der Waals surface area contributed by atoms with Gasteiger partial charge in [0.15, 0.2) is 0 Å².